The molecular formula is C12H22FN. The molecule has 0 radical (unpaired) electrons. The van der Waals surface area contributed by atoms with Crippen molar-refractivity contribution in [3.05, 3.63) is 0 Å². The number of hydrogen-bond donors (Lipinski definition) is 1. The van der Waals surface area contributed by atoms with Crippen molar-refractivity contribution in [1.29, 1.82) is 0 Å². The third kappa shape index (κ3) is 2.28. The Morgan fingerprint density at radius 3 is 2.57 bits per heavy atom. The number of hydrogen-bond acceptors (Lipinski definition) is 1. The normalized spacial score (nSPS) is 33.4. The van der Waals surface area contributed by atoms with Crippen molar-refractivity contribution in [2.24, 2.45) is 11.8 Å². The molecule has 14 heavy (non-hydrogen) atoms. The number of halogens is 1. The van der Waals surface area contributed by atoms with Crippen LogP contribution in [0.4, 0.5) is 4.39 Å². The lowest BCUT2D eigenvalue weighted by molar-refractivity contribution is 0.0766. The van der Waals surface area contributed by atoms with Crippen LogP contribution in [0.3, 0.4) is 0 Å². The summed E-state index contributed by atoms with van der Waals surface area (Å²) in [5.74, 6) is 0.939. The zero-order chi connectivity index (χ0) is 10.0. The van der Waals surface area contributed by atoms with E-state index in [0.717, 1.165) is 32.4 Å². The van der Waals surface area contributed by atoms with E-state index < -0.39 is 5.67 Å². The van der Waals surface area contributed by atoms with Crippen molar-refractivity contribution in [2.75, 3.05) is 13.1 Å². The Labute approximate surface area is 86.5 Å². The summed E-state index contributed by atoms with van der Waals surface area (Å²) >= 11 is 0. The molecule has 2 heteroatoms. The van der Waals surface area contributed by atoms with E-state index >= 15 is 0 Å². The second-order valence-corrected chi connectivity index (χ2v) is 5.32. The van der Waals surface area contributed by atoms with E-state index in [1.165, 1.54) is 19.3 Å². The third-order valence-corrected chi connectivity index (χ3v) is 4.06. The van der Waals surface area contributed by atoms with Crippen LogP contribution in [-0.2, 0) is 0 Å². The van der Waals surface area contributed by atoms with E-state index in [-0.39, 0.29) is 0 Å². The van der Waals surface area contributed by atoms with Crippen molar-refractivity contribution in [3.63, 3.8) is 0 Å². The summed E-state index contributed by atoms with van der Waals surface area (Å²) in [6, 6.07) is 0. The standard InChI is InChI=1S/C12H22FN/c1-12(13,11-4-2-3-5-11)8-10-6-7-14-9-10/h10-11,14H,2-9H2,1H3. The first-order valence-electron chi connectivity index (χ1n) is 6.08. The van der Waals surface area contributed by atoms with Gasteiger partial charge in [-0.2, -0.15) is 0 Å². The topological polar surface area (TPSA) is 12.0 Å². The molecule has 0 spiro atoms. The molecule has 0 amide bonds. The molecule has 1 saturated carbocycles. The van der Waals surface area contributed by atoms with E-state index in [2.05, 4.69) is 5.32 Å². The van der Waals surface area contributed by atoms with E-state index in [0.29, 0.717) is 11.8 Å². The lowest BCUT2D eigenvalue weighted by Crippen LogP contribution is -2.31. The quantitative estimate of drug-likeness (QED) is 0.737. The molecule has 2 rings (SSSR count). The molecule has 82 valence electrons. The van der Waals surface area contributed by atoms with Gasteiger partial charge in [-0.05, 0) is 57.5 Å². The molecule has 1 nitrogen and oxygen atoms in total. The highest BCUT2D eigenvalue weighted by Crippen LogP contribution is 2.40. The largest absolute Gasteiger partial charge is 0.316 e. The second kappa shape index (κ2) is 4.18. The monoisotopic (exact) mass is 199 g/mol. The molecule has 0 aromatic rings. The van der Waals surface area contributed by atoms with Gasteiger partial charge in [0.15, 0.2) is 0 Å². The van der Waals surface area contributed by atoms with E-state index in [1.54, 1.807) is 0 Å². The van der Waals surface area contributed by atoms with Gasteiger partial charge in [0.25, 0.3) is 0 Å². The maximum atomic E-state index is 14.4. The molecule has 1 N–H and O–H groups in total. The first-order valence-corrected chi connectivity index (χ1v) is 6.08. The molecule has 2 unspecified atom stereocenters. The fraction of sp³-hybridized carbons (Fsp3) is 1.00. The first-order chi connectivity index (χ1) is 6.68. The predicted molar refractivity (Wildman–Crippen MR) is 57.1 cm³/mol. The number of alkyl halides is 1. The van der Waals surface area contributed by atoms with Crippen LogP contribution in [-0.4, -0.2) is 18.8 Å². The van der Waals surface area contributed by atoms with Crippen molar-refractivity contribution < 1.29 is 4.39 Å². The van der Waals surface area contributed by atoms with Gasteiger partial charge in [-0.3, -0.25) is 0 Å². The van der Waals surface area contributed by atoms with Crippen molar-refractivity contribution in [2.45, 2.75) is 51.1 Å². The zero-order valence-corrected chi connectivity index (χ0v) is 9.19. The van der Waals surface area contributed by atoms with Gasteiger partial charge >= 0.3 is 0 Å². The van der Waals surface area contributed by atoms with Gasteiger partial charge in [0.2, 0.25) is 0 Å². The molecule has 1 saturated heterocycles. The lowest BCUT2D eigenvalue weighted by Gasteiger charge is -2.29. The average molecular weight is 199 g/mol. The Bertz CT molecular complexity index is 179. The van der Waals surface area contributed by atoms with Crippen molar-refractivity contribution >= 4 is 0 Å². The Kier molecular flexibility index (Phi) is 3.10. The van der Waals surface area contributed by atoms with Crippen LogP contribution in [0, 0.1) is 11.8 Å². The van der Waals surface area contributed by atoms with Gasteiger partial charge in [0.1, 0.15) is 5.67 Å². The van der Waals surface area contributed by atoms with Gasteiger partial charge in [-0.15, -0.1) is 0 Å². The fourth-order valence-corrected chi connectivity index (χ4v) is 3.15. The van der Waals surface area contributed by atoms with Crippen LogP contribution in [0.2, 0.25) is 0 Å². The van der Waals surface area contributed by atoms with Crippen LogP contribution in [0.15, 0.2) is 0 Å². The maximum Gasteiger partial charge on any atom is 0.111 e. The van der Waals surface area contributed by atoms with Crippen LogP contribution in [0.1, 0.15) is 45.4 Å². The Morgan fingerprint density at radius 2 is 2.00 bits per heavy atom. The molecule has 2 atom stereocenters. The van der Waals surface area contributed by atoms with E-state index in [4.69, 9.17) is 0 Å². The SMILES string of the molecule is CC(F)(CC1CCNC1)C1CCCC1. The van der Waals surface area contributed by atoms with Gasteiger partial charge in [-0.1, -0.05) is 12.8 Å². The molecule has 0 aromatic carbocycles. The highest BCUT2D eigenvalue weighted by atomic mass is 19.1. The fourth-order valence-electron chi connectivity index (χ4n) is 3.15. The molecular weight excluding hydrogens is 177 g/mol. The molecule has 0 aromatic heterocycles. The molecule has 1 heterocycles. The van der Waals surface area contributed by atoms with Crippen LogP contribution in [0.5, 0.6) is 0 Å². The molecule has 1 aliphatic heterocycles. The molecule has 0 bridgehead atoms. The summed E-state index contributed by atoms with van der Waals surface area (Å²) in [5.41, 5.74) is -0.896. The van der Waals surface area contributed by atoms with Crippen LogP contribution in [0.25, 0.3) is 0 Å². The number of rotatable bonds is 3. The highest BCUT2D eigenvalue weighted by Gasteiger charge is 2.38. The molecule has 2 fully saturated rings. The summed E-state index contributed by atoms with van der Waals surface area (Å²) < 4.78 is 14.4. The second-order valence-electron chi connectivity index (χ2n) is 5.32. The van der Waals surface area contributed by atoms with Gasteiger partial charge in [-0.25, -0.2) is 4.39 Å². The summed E-state index contributed by atoms with van der Waals surface area (Å²) in [6.45, 7) is 3.96. The average Bonchev–Trinajstić information content (AvgIpc) is 2.71. The maximum absolute atomic E-state index is 14.4. The molecule has 1 aliphatic carbocycles. The Balaban J connectivity index is 1.86. The Hall–Kier alpha value is -0.110. The highest BCUT2D eigenvalue weighted by molar-refractivity contribution is 4.89. The summed E-state index contributed by atoms with van der Waals surface area (Å²) in [7, 11) is 0. The van der Waals surface area contributed by atoms with Gasteiger partial charge in [0.05, 0.1) is 0 Å². The number of nitrogens with one attached hydrogen (secondary N) is 1. The third-order valence-electron chi connectivity index (χ3n) is 4.06. The molecule has 2 aliphatic rings. The van der Waals surface area contributed by atoms with E-state index in [1.807, 2.05) is 6.92 Å². The van der Waals surface area contributed by atoms with E-state index in [9.17, 15) is 4.39 Å². The first kappa shape index (κ1) is 10.4. The van der Waals surface area contributed by atoms with Gasteiger partial charge in [0, 0.05) is 0 Å². The van der Waals surface area contributed by atoms with Crippen LogP contribution < -0.4 is 5.32 Å². The summed E-state index contributed by atoms with van der Waals surface area (Å²) in [5, 5.41) is 3.32. The minimum Gasteiger partial charge on any atom is -0.316 e. The lowest BCUT2D eigenvalue weighted by atomic mass is 9.82. The zero-order valence-electron chi connectivity index (χ0n) is 9.19. The minimum atomic E-state index is -0.896. The predicted octanol–water partition coefficient (Wildman–Crippen LogP) is 2.90. The summed E-state index contributed by atoms with van der Waals surface area (Å²) in [6.07, 6.45) is 6.68. The summed E-state index contributed by atoms with van der Waals surface area (Å²) in [4.78, 5) is 0. The Morgan fingerprint density at radius 1 is 1.29 bits per heavy atom. The van der Waals surface area contributed by atoms with Crippen LogP contribution >= 0.6 is 0 Å². The van der Waals surface area contributed by atoms with Gasteiger partial charge < -0.3 is 5.32 Å². The smallest absolute Gasteiger partial charge is 0.111 e. The minimum absolute atomic E-state index is 0.350. The van der Waals surface area contributed by atoms with Crippen molar-refractivity contribution in [3.8, 4) is 0 Å². The van der Waals surface area contributed by atoms with Crippen molar-refractivity contribution in [1.82, 2.24) is 5.32 Å².